The molecular weight excluding hydrogens is 408 g/mol. The Morgan fingerprint density at radius 3 is 2.43 bits per heavy atom. The number of nitrogens with zero attached hydrogens (tertiary/aromatic N) is 1. The lowest BCUT2D eigenvalue weighted by atomic mass is 9.78. The van der Waals surface area contributed by atoms with E-state index in [4.69, 9.17) is 14.0 Å². The number of hydrogen-bond acceptors (Lipinski definition) is 8. The van der Waals surface area contributed by atoms with Gasteiger partial charge in [-0.15, -0.1) is 0 Å². The number of ether oxygens (including phenoxy) is 3. The summed E-state index contributed by atoms with van der Waals surface area (Å²) in [5, 5.41) is -4.71. The summed E-state index contributed by atoms with van der Waals surface area (Å²) >= 11 is 0. The van der Waals surface area contributed by atoms with Crippen molar-refractivity contribution in [1.29, 1.82) is 0 Å². The van der Waals surface area contributed by atoms with E-state index in [0.29, 0.717) is 0 Å². The van der Waals surface area contributed by atoms with Crippen molar-refractivity contribution in [2.75, 3.05) is 6.61 Å². The molecule has 6 atom stereocenters. The first-order chi connectivity index (χ1) is 12.8. The van der Waals surface area contributed by atoms with Crippen LogP contribution in [0.2, 0.25) is 0 Å². The SMILES string of the molecule is CC(=O)OC1C2OC3C(C(=O)N(C(C)C)C13)C2C(=O)OCC(F)(F)S(=O)(=O)O. The van der Waals surface area contributed by atoms with Crippen LogP contribution in [0.25, 0.3) is 0 Å². The van der Waals surface area contributed by atoms with Gasteiger partial charge in [0.15, 0.2) is 12.7 Å². The van der Waals surface area contributed by atoms with Crippen molar-refractivity contribution < 1.29 is 50.3 Å². The van der Waals surface area contributed by atoms with E-state index >= 15 is 0 Å². The van der Waals surface area contributed by atoms with Crippen LogP contribution in [0.1, 0.15) is 20.8 Å². The van der Waals surface area contributed by atoms with Crippen molar-refractivity contribution in [1.82, 2.24) is 4.90 Å². The largest absolute Gasteiger partial charge is 0.458 e. The van der Waals surface area contributed by atoms with Gasteiger partial charge < -0.3 is 19.1 Å². The van der Waals surface area contributed by atoms with E-state index < -0.39 is 76.0 Å². The molecule has 6 unspecified atom stereocenters. The Bertz CT molecular complexity index is 814. The molecule has 0 radical (unpaired) electrons. The van der Waals surface area contributed by atoms with E-state index in [2.05, 4.69) is 4.74 Å². The molecule has 10 nitrogen and oxygen atoms in total. The topological polar surface area (TPSA) is 137 Å². The van der Waals surface area contributed by atoms with Crippen LogP contribution in [0.3, 0.4) is 0 Å². The lowest BCUT2D eigenvalue weighted by Gasteiger charge is -2.32. The molecule has 3 saturated heterocycles. The fourth-order valence-electron chi connectivity index (χ4n) is 4.18. The van der Waals surface area contributed by atoms with Gasteiger partial charge in [-0.2, -0.15) is 17.2 Å². The van der Waals surface area contributed by atoms with Gasteiger partial charge in [0.1, 0.15) is 12.0 Å². The minimum absolute atomic E-state index is 0.302. The summed E-state index contributed by atoms with van der Waals surface area (Å²) in [6.45, 7) is 2.66. The lowest BCUT2D eigenvalue weighted by Crippen LogP contribution is -2.51. The van der Waals surface area contributed by atoms with Crippen molar-refractivity contribution in [3.8, 4) is 0 Å². The smallest absolute Gasteiger partial charge is 0.402 e. The molecule has 0 spiro atoms. The minimum atomic E-state index is -5.79. The average molecular weight is 427 g/mol. The van der Waals surface area contributed by atoms with Crippen LogP contribution in [0.15, 0.2) is 0 Å². The van der Waals surface area contributed by atoms with Gasteiger partial charge in [-0.25, -0.2) is 0 Å². The van der Waals surface area contributed by atoms with E-state index in [1.807, 2.05) is 0 Å². The number of alkyl halides is 2. The number of rotatable bonds is 6. The minimum Gasteiger partial charge on any atom is -0.458 e. The lowest BCUT2D eigenvalue weighted by molar-refractivity contribution is -0.164. The molecule has 3 aliphatic rings. The standard InChI is InChI=1S/C15H19F2NO9S/c1-5(2)18-9-10-7(13(18)20)8(11(27-10)12(9)26-6(3)19)14(21)25-4-15(16,17)28(22,23)24/h5,7-12H,4H2,1-3H3,(H,22,23,24). The Hall–Kier alpha value is -1.86. The first kappa shape index (κ1) is 20.9. The molecule has 2 bridgehead atoms. The van der Waals surface area contributed by atoms with Gasteiger partial charge in [0.25, 0.3) is 0 Å². The highest BCUT2D eigenvalue weighted by molar-refractivity contribution is 7.86. The zero-order valence-corrected chi connectivity index (χ0v) is 15.9. The number of hydrogen-bond donors (Lipinski definition) is 1. The second-order valence-corrected chi connectivity index (χ2v) is 8.79. The van der Waals surface area contributed by atoms with Gasteiger partial charge in [0.05, 0.1) is 18.1 Å². The van der Waals surface area contributed by atoms with Crippen LogP contribution in [-0.2, 0) is 38.7 Å². The Kier molecular flexibility index (Phi) is 4.91. The van der Waals surface area contributed by atoms with Crippen LogP contribution in [0.4, 0.5) is 8.78 Å². The van der Waals surface area contributed by atoms with Crippen LogP contribution in [0, 0.1) is 11.8 Å². The van der Waals surface area contributed by atoms with Crippen LogP contribution in [0.5, 0.6) is 0 Å². The highest BCUT2D eigenvalue weighted by Crippen LogP contribution is 2.53. The highest BCUT2D eigenvalue weighted by atomic mass is 32.2. The molecule has 0 aromatic carbocycles. The van der Waals surface area contributed by atoms with E-state index in [-0.39, 0.29) is 6.04 Å². The third-order valence-electron chi connectivity index (χ3n) is 5.16. The molecule has 0 saturated carbocycles. The normalized spacial score (nSPS) is 34.2. The van der Waals surface area contributed by atoms with Gasteiger partial charge in [0, 0.05) is 13.0 Å². The van der Waals surface area contributed by atoms with Crippen molar-refractivity contribution in [3.05, 3.63) is 0 Å². The average Bonchev–Trinajstić information content (AvgIpc) is 3.13. The number of esters is 2. The number of likely N-dealkylation sites (tertiary alicyclic amines) is 1. The number of carbonyl (C=O) groups excluding carboxylic acids is 3. The fraction of sp³-hybridized carbons (Fsp3) is 0.800. The second kappa shape index (κ2) is 6.59. The molecule has 3 heterocycles. The molecular formula is C15H19F2NO9S. The van der Waals surface area contributed by atoms with Gasteiger partial charge in [0.2, 0.25) is 5.91 Å². The molecule has 0 aliphatic carbocycles. The van der Waals surface area contributed by atoms with E-state index in [0.717, 1.165) is 6.92 Å². The maximum atomic E-state index is 13.4. The summed E-state index contributed by atoms with van der Waals surface area (Å²) in [5.74, 6) is -4.80. The summed E-state index contributed by atoms with van der Waals surface area (Å²) in [4.78, 5) is 38.1. The maximum absolute atomic E-state index is 13.4. The van der Waals surface area contributed by atoms with Gasteiger partial charge >= 0.3 is 27.3 Å². The molecule has 0 aromatic rings. The first-order valence-electron chi connectivity index (χ1n) is 8.44. The Balaban J connectivity index is 1.85. The van der Waals surface area contributed by atoms with Crippen LogP contribution < -0.4 is 0 Å². The third kappa shape index (κ3) is 3.05. The third-order valence-corrected chi connectivity index (χ3v) is 6.03. The van der Waals surface area contributed by atoms with E-state index in [1.54, 1.807) is 13.8 Å². The van der Waals surface area contributed by atoms with Crippen LogP contribution >= 0.6 is 0 Å². The second-order valence-electron chi connectivity index (χ2n) is 7.24. The molecule has 1 N–H and O–H groups in total. The van der Waals surface area contributed by atoms with Crippen molar-refractivity contribution >= 4 is 28.0 Å². The van der Waals surface area contributed by atoms with Crippen LogP contribution in [-0.4, -0.2) is 78.0 Å². The number of fused-ring (bicyclic) bond motifs is 1. The fourth-order valence-corrected chi connectivity index (χ4v) is 4.39. The summed E-state index contributed by atoms with van der Waals surface area (Å²) in [5.41, 5.74) is 0. The van der Waals surface area contributed by atoms with Crippen molar-refractivity contribution in [3.63, 3.8) is 0 Å². The summed E-state index contributed by atoms with van der Waals surface area (Å²) < 4.78 is 71.8. The molecule has 1 amide bonds. The predicted octanol–water partition coefficient (Wildman–Crippen LogP) is -0.425. The molecule has 0 aromatic heterocycles. The van der Waals surface area contributed by atoms with Crippen molar-refractivity contribution in [2.45, 2.75) is 56.4 Å². The zero-order chi connectivity index (χ0) is 21.2. The maximum Gasteiger partial charge on any atom is 0.402 e. The molecule has 3 rings (SSSR count). The number of halogens is 2. The van der Waals surface area contributed by atoms with Gasteiger partial charge in [-0.05, 0) is 13.8 Å². The Labute approximate surface area is 158 Å². The summed E-state index contributed by atoms with van der Waals surface area (Å²) in [7, 11) is -5.79. The molecule has 3 aliphatic heterocycles. The van der Waals surface area contributed by atoms with E-state index in [1.165, 1.54) is 4.90 Å². The molecule has 13 heteroatoms. The summed E-state index contributed by atoms with van der Waals surface area (Å²) in [6, 6.07) is -0.918. The Morgan fingerprint density at radius 1 is 1.32 bits per heavy atom. The van der Waals surface area contributed by atoms with E-state index in [9.17, 15) is 31.6 Å². The van der Waals surface area contributed by atoms with Gasteiger partial charge in [-0.1, -0.05) is 0 Å². The van der Waals surface area contributed by atoms with Gasteiger partial charge in [-0.3, -0.25) is 18.9 Å². The first-order valence-corrected chi connectivity index (χ1v) is 9.88. The highest BCUT2D eigenvalue weighted by Gasteiger charge is 2.73. The summed E-state index contributed by atoms with van der Waals surface area (Å²) in [6.07, 6.45) is -2.88. The molecule has 158 valence electrons. The molecule has 28 heavy (non-hydrogen) atoms. The predicted molar refractivity (Wildman–Crippen MR) is 84.4 cm³/mol. The van der Waals surface area contributed by atoms with Crippen molar-refractivity contribution in [2.24, 2.45) is 11.8 Å². The number of amides is 1. The monoisotopic (exact) mass is 427 g/mol. The zero-order valence-electron chi connectivity index (χ0n) is 15.1. The molecule has 3 fully saturated rings. The number of carbonyl (C=O) groups is 3. The quantitative estimate of drug-likeness (QED) is 0.442. The Morgan fingerprint density at radius 2 is 1.93 bits per heavy atom.